The van der Waals surface area contributed by atoms with Crippen molar-refractivity contribution in [2.75, 3.05) is 16.5 Å². The largest absolute Gasteiger partial charge is 0.321 e. The molecular formula is C31H21N3. The smallest absolute Gasteiger partial charge is 0.100 e. The highest BCUT2D eigenvalue weighted by molar-refractivity contribution is 6.24. The molecule has 0 amide bonds. The quantitative estimate of drug-likeness (QED) is 0.272. The van der Waals surface area contributed by atoms with E-state index in [0.717, 1.165) is 6.67 Å². The van der Waals surface area contributed by atoms with Gasteiger partial charge in [0.1, 0.15) is 6.67 Å². The van der Waals surface area contributed by atoms with Crippen LogP contribution in [0.5, 0.6) is 0 Å². The fourth-order valence-corrected chi connectivity index (χ4v) is 5.85. The highest BCUT2D eigenvalue weighted by Gasteiger charge is 2.29. The van der Waals surface area contributed by atoms with Crippen LogP contribution in [0.1, 0.15) is 0 Å². The van der Waals surface area contributed by atoms with Crippen LogP contribution in [0.3, 0.4) is 0 Å². The number of fused-ring (bicyclic) bond motifs is 7. The van der Waals surface area contributed by atoms with E-state index >= 15 is 0 Å². The summed E-state index contributed by atoms with van der Waals surface area (Å²) in [6.07, 6.45) is 0. The van der Waals surface area contributed by atoms with Gasteiger partial charge in [-0.05, 0) is 48.5 Å². The zero-order valence-electron chi connectivity index (χ0n) is 18.5. The molecule has 3 heterocycles. The Morgan fingerprint density at radius 2 is 0.941 bits per heavy atom. The third-order valence-corrected chi connectivity index (χ3v) is 7.31. The number of nitrogens with zero attached hydrogens (tertiary/aromatic N) is 3. The van der Waals surface area contributed by atoms with Crippen LogP contribution in [0.4, 0.5) is 22.7 Å². The van der Waals surface area contributed by atoms with Gasteiger partial charge < -0.3 is 14.2 Å². The Balaban J connectivity index is 1.43. The molecule has 2 aromatic heterocycles. The summed E-state index contributed by atoms with van der Waals surface area (Å²) in [4.78, 5) is 4.85. The number of anilines is 4. The Bertz CT molecular complexity index is 1760. The minimum absolute atomic E-state index is 0.786. The van der Waals surface area contributed by atoms with Crippen LogP contribution in [-0.2, 0) is 0 Å². The number of hydrogen-bond acceptors (Lipinski definition) is 2. The van der Waals surface area contributed by atoms with Gasteiger partial charge >= 0.3 is 0 Å². The standard InChI is InChI=1S/C31H21N3/c1-2-10-21(11-3-1)32-20-33(30-17-9-8-16-29(30)32)22-18-25-23-12-4-6-14-27(23)34-28-15-7-5-13-24(28)26(19-22)31(25)34/h1-19H,20H2. The van der Waals surface area contributed by atoms with E-state index in [1.165, 1.54) is 60.8 Å². The number of benzene rings is 5. The summed E-state index contributed by atoms with van der Waals surface area (Å²) in [5, 5.41) is 5.25. The first-order valence-electron chi connectivity index (χ1n) is 11.7. The lowest BCUT2D eigenvalue weighted by Gasteiger charge is -2.22. The third kappa shape index (κ3) is 2.26. The maximum Gasteiger partial charge on any atom is 0.100 e. The van der Waals surface area contributed by atoms with Crippen LogP contribution in [0.2, 0.25) is 0 Å². The molecule has 0 fully saturated rings. The Kier molecular flexibility index (Phi) is 3.45. The van der Waals surface area contributed by atoms with Gasteiger partial charge in [-0.3, -0.25) is 0 Å². The maximum absolute atomic E-state index is 2.45. The molecule has 0 bridgehead atoms. The van der Waals surface area contributed by atoms with Gasteiger partial charge in [-0.2, -0.15) is 0 Å². The van der Waals surface area contributed by atoms with Gasteiger partial charge in [0.05, 0.1) is 27.9 Å². The minimum atomic E-state index is 0.786. The SMILES string of the molecule is c1ccc(N2CN(c3cc4c5ccccc5n5c6ccccc6c(c3)c45)c3ccccc32)cc1. The van der Waals surface area contributed by atoms with E-state index in [4.69, 9.17) is 0 Å². The van der Waals surface area contributed by atoms with Gasteiger partial charge in [0.2, 0.25) is 0 Å². The molecule has 8 rings (SSSR count). The Morgan fingerprint density at radius 3 is 1.56 bits per heavy atom. The molecule has 0 radical (unpaired) electrons. The van der Waals surface area contributed by atoms with Gasteiger partial charge in [-0.25, -0.2) is 0 Å². The number of hydrogen-bond donors (Lipinski definition) is 0. The van der Waals surface area contributed by atoms with Crippen LogP contribution < -0.4 is 9.80 Å². The van der Waals surface area contributed by atoms with Crippen molar-refractivity contribution in [3.8, 4) is 0 Å². The van der Waals surface area contributed by atoms with Crippen molar-refractivity contribution in [3.05, 3.63) is 115 Å². The summed E-state index contributed by atoms with van der Waals surface area (Å²) in [5.74, 6) is 0. The molecule has 3 heteroatoms. The molecule has 160 valence electrons. The zero-order valence-corrected chi connectivity index (χ0v) is 18.5. The normalized spacial score (nSPS) is 13.6. The average Bonchev–Trinajstić information content (AvgIpc) is 3.56. The molecule has 0 unspecified atom stereocenters. The molecule has 3 nitrogen and oxygen atoms in total. The molecule has 5 aromatic carbocycles. The second kappa shape index (κ2) is 6.52. The van der Waals surface area contributed by atoms with Gasteiger partial charge in [0.15, 0.2) is 0 Å². The maximum atomic E-state index is 2.45. The second-order valence-electron chi connectivity index (χ2n) is 9.08. The Morgan fingerprint density at radius 1 is 0.441 bits per heavy atom. The van der Waals surface area contributed by atoms with E-state index in [1.807, 2.05) is 0 Å². The lowest BCUT2D eigenvalue weighted by molar-refractivity contribution is 0.993. The molecule has 7 aromatic rings. The molecule has 1 aliphatic heterocycles. The summed E-state index contributed by atoms with van der Waals surface area (Å²) in [7, 11) is 0. The van der Waals surface area contributed by atoms with Crippen molar-refractivity contribution >= 4 is 60.8 Å². The summed E-state index contributed by atoms with van der Waals surface area (Å²) < 4.78 is 2.44. The molecule has 34 heavy (non-hydrogen) atoms. The van der Waals surface area contributed by atoms with Crippen molar-refractivity contribution in [2.45, 2.75) is 0 Å². The van der Waals surface area contributed by atoms with Crippen LogP contribution in [0, 0.1) is 0 Å². The van der Waals surface area contributed by atoms with Crippen LogP contribution in [0.25, 0.3) is 38.1 Å². The molecule has 0 N–H and O–H groups in total. The fraction of sp³-hybridized carbons (Fsp3) is 0.0323. The molecular weight excluding hydrogens is 414 g/mol. The van der Waals surface area contributed by atoms with E-state index in [1.54, 1.807) is 0 Å². The highest BCUT2D eigenvalue weighted by atomic mass is 15.4. The third-order valence-electron chi connectivity index (χ3n) is 7.31. The van der Waals surface area contributed by atoms with E-state index in [0.29, 0.717) is 0 Å². The van der Waals surface area contributed by atoms with Crippen molar-refractivity contribution in [2.24, 2.45) is 0 Å². The molecule has 0 spiro atoms. The molecule has 0 saturated heterocycles. The van der Waals surface area contributed by atoms with E-state index < -0.39 is 0 Å². The van der Waals surface area contributed by atoms with Gasteiger partial charge in [-0.15, -0.1) is 0 Å². The fourth-order valence-electron chi connectivity index (χ4n) is 5.85. The first kappa shape index (κ1) is 18.0. The topological polar surface area (TPSA) is 10.9 Å². The first-order chi connectivity index (χ1) is 16.9. The number of aromatic nitrogens is 1. The monoisotopic (exact) mass is 435 g/mol. The van der Waals surface area contributed by atoms with Gasteiger partial charge in [0.25, 0.3) is 0 Å². The molecule has 0 saturated carbocycles. The second-order valence-corrected chi connectivity index (χ2v) is 9.08. The van der Waals surface area contributed by atoms with Crippen molar-refractivity contribution in [1.82, 2.24) is 4.40 Å². The number of rotatable bonds is 2. The van der Waals surface area contributed by atoms with Gasteiger partial charge in [-0.1, -0.05) is 66.7 Å². The Hall–Kier alpha value is -4.50. The van der Waals surface area contributed by atoms with E-state index in [-0.39, 0.29) is 0 Å². The summed E-state index contributed by atoms with van der Waals surface area (Å²) in [6, 6.07) is 41.7. The lowest BCUT2D eigenvalue weighted by Crippen LogP contribution is -2.23. The van der Waals surface area contributed by atoms with Crippen LogP contribution in [0.15, 0.2) is 115 Å². The first-order valence-corrected chi connectivity index (χ1v) is 11.7. The van der Waals surface area contributed by atoms with Crippen LogP contribution in [-0.4, -0.2) is 11.1 Å². The predicted molar refractivity (Wildman–Crippen MR) is 143 cm³/mol. The van der Waals surface area contributed by atoms with Crippen LogP contribution >= 0.6 is 0 Å². The van der Waals surface area contributed by atoms with Crippen molar-refractivity contribution < 1.29 is 0 Å². The molecule has 1 aliphatic rings. The number of para-hydroxylation sites is 5. The van der Waals surface area contributed by atoms with Crippen molar-refractivity contribution in [1.29, 1.82) is 0 Å². The van der Waals surface area contributed by atoms with E-state index in [9.17, 15) is 0 Å². The summed E-state index contributed by atoms with van der Waals surface area (Å²) in [5.41, 5.74) is 8.79. The predicted octanol–water partition coefficient (Wildman–Crippen LogP) is 8.08. The summed E-state index contributed by atoms with van der Waals surface area (Å²) >= 11 is 0. The Labute approximate surface area is 197 Å². The van der Waals surface area contributed by atoms with Gasteiger partial charge in [0, 0.05) is 32.9 Å². The van der Waals surface area contributed by atoms with E-state index in [2.05, 4.69) is 129 Å². The zero-order chi connectivity index (χ0) is 22.2. The minimum Gasteiger partial charge on any atom is -0.321 e. The molecule has 0 aliphatic carbocycles. The molecule has 0 atom stereocenters. The van der Waals surface area contributed by atoms with Crippen molar-refractivity contribution in [3.63, 3.8) is 0 Å². The highest BCUT2D eigenvalue weighted by Crippen LogP contribution is 2.47. The average molecular weight is 436 g/mol. The summed E-state index contributed by atoms with van der Waals surface area (Å²) in [6.45, 7) is 0.786. The lowest BCUT2D eigenvalue weighted by atomic mass is 10.1.